The van der Waals surface area contributed by atoms with Crippen molar-refractivity contribution >= 4 is 9.84 Å². The van der Waals surface area contributed by atoms with Gasteiger partial charge in [0.25, 0.3) is 0 Å². The molecule has 0 unspecified atom stereocenters. The van der Waals surface area contributed by atoms with Gasteiger partial charge in [0.05, 0.1) is 5.75 Å². The fourth-order valence-corrected chi connectivity index (χ4v) is 2.23. The maximum absolute atomic E-state index is 11.4. The number of hydrogen-bond acceptors (Lipinski definition) is 2. The van der Waals surface area contributed by atoms with Crippen LogP contribution in [-0.2, 0) is 9.84 Å². The lowest BCUT2D eigenvalue weighted by Gasteiger charge is -2.02. The molecule has 0 aliphatic heterocycles. The molecule has 0 aromatic carbocycles. The molecule has 0 N–H and O–H groups in total. The minimum atomic E-state index is -2.95. The predicted molar refractivity (Wildman–Crippen MR) is 57.2 cm³/mol. The van der Waals surface area contributed by atoms with Gasteiger partial charge in [-0.2, -0.15) is 0 Å². The third-order valence-electron chi connectivity index (χ3n) is 1.65. The fourth-order valence-electron chi connectivity index (χ4n) is 0.745. The van der Waals surface area contributed by atoms with E-state index in [1.807, 2.05) is 27.7 Å². The van der Waals surface area contributed by atoms with Gasteiger partial charge in [0.15, 0.2) is 9.84 Å². The molecule has 13 heavy (non-hydrogen) atoms. The molecule has 78 valence electrons. The van der Waals surface area contributed by atoms with Gasteiger partial charge in [-0.15, -0.1) is 0 Å². The van der Waals surface area contributed by atoms with Crippen molar-refractivity contribution in [3.8, 4) is 0 Å². The minimum absolute atomic E-state index is 0.272. The Kier molecular flexibility index (Phi) is 5.30. The van der Waals surface area contributed by atoms with E-state index in [4.69, 9.17) is 0 Å². The lowest BCUT2D eigenvalue weighted by Crippen LogP contribution is -2.05. The standard InChI is InChI=1S/C10H20O2S/c1-9(2)5-7-13(11,12)8-6-10(3)4/h5,7,9-10H,6,8H2,1-4H3/b7-5+. The van der Waals surface area contributed by atoms with Crippen molar-refractivity contribution in [1.29, 1.82) is 0 Å². The smallest absolute Gasteiger partial charge is 0.171 e. The fraction of sp³-hybridized carbons (Fsp3) is 0.800. The molecule has 0 aliphatic rings. The zero-order valence-electron chi connectivity index (χ0n) is 8.95. The molecule has 0 aromatic heterocycles. The molecule has 0 bridgehead atoms. The van der Waals surface area contributed by atoms with Crippen LogP contribution in [0.2, 0.25) is 0 Å². The first-order valence-electron chi connectivity index (χ1n) is 4.74. The second-order valence-corrected chi connectivity index (χ2v) is 6.13. The second kappa shape index (κ2) is 5.43. The Hall–Kier alpha value is -0.310. The van der Waals surface area contributed by atoms with E-state index >= 15 is 0 Å². The van der Waals surface area contributed by atoms with E-state index in [1.54, 1.807) is 6.08 Å². The number of rotatable bonds is 5. The highest BCUT2D eigenvalue weighted by molar-refractivity contribution is 7.94. The first-order valence-corrected chi connectivity index (χ1v) is 6.46. The Labute approximate surface area is 82.0 Å². The van der Waals surface area contributed by atoms with Crippen molar-refractivity contribution in [1.82, 2.24) is 0 Å². The number of hydrogen-bond donors (Lipinski definition) is 0. The van der Waals surface area contributed by atoms with Crippen molar-refractivity contribution in [3.63, 3.8) is 0 Å². The summed E-state index contributed by atoms with van der Waals surface area (Å²) < 4.78 is 22.7. The predicted octanol–water partition coefficient (Wildman–Crippen LogP) is 2.62. The summed E-state index contributed by atoms with van der Waals surface area (Å²) in [4.78, 5) is 0. The van der Waals surface area contributed by atoms with Crippen LogP contribution in [0.25, 0.3) is 0 Å². The quantitative estimate of drug-likeness (QED) is 0.690. The van der Waals surface area contributed by atoms with Crippen LogP contribution in [0.3, 0.4) is 0 Å². The van der Waals surface area contributed by atoms with E-state index in [2.05, 4.69) is 0 Å². The number of sulfone groups is 1. The minimum Gasteiger partial charge on any atom is -0.224 e. The van der Waals surface area contributed by atoms with Crippen molar-refractivity contribution < 1.29 is 8.42 Å². The normalized spacial score (nSPS) is 13.4. The third kappa shape index (κ3) is 8.03. The Balaban J connectivity index is 4.10. The summed E-state index contributed by atoms with van der Waals surface area (Å²) in [6, 6.07) is 0. The summed E-state index contributed by atoms with van der Waals surface area (Å²) in [5.74, 6) is 1.02. The molecule has 3 heteroatoms. The molecular formula is C10H20O2S. The highest BCUT2D eigenvalue weighted by atomic mass is 32.2. The van der Waals surface area contributed by atoms with Crippen molar-refractivity contribution in [2.75, 3.05) is 5.75 Å². The first kappa shape index (κ1) is 12.7. The van der Waals surface area contributed by atoms with Crippen LogP contribution < -0.4 is 0 Å². The molecule has 0 aromatic rings. The SMILES string of the molecule is CC(C)/C=C/S(=O)(=O)CCC(C)C. The van der Waals surface area contributed by atoms with Crippen LogP contribution in [0.15, 0.2) is 11.5 Å². The molecule has 0 saturated heterocycles. The molecule has 2 nitrogen and oxygen atoms in total. The van der Waals surface area contributed by atoms with E-state index in [-0.39, 0.29) is 5.75 Å². The Morgan fingerprint density at radius 2 is 1.69 bits per heavy atom. The molecule has 0 fully saturated rings. The van der Waals surface area contributed by atoms with Crippen molar-refractivity contribution in [2.45, 2.75) is 34.1 Å². The Morgan fingerprint density at radius 3 is 2.08 bits per heavy atom. The summed E-state index contributed by atoms with van der Waals surface area (Å²) in [5.41, 5.74) is 0. The van der Waals surface area contributed by atoms with Crippen molar-refractivity contribution in [2.24, 2.45) is 11.8 Å². The van der Waals surface area contributed by atoms with Gasteiger partial charge in [-0.1, -0.05) is 33.8 Å². The molecule has 0 aliphatic carbocycles. The van der Waals surface area contributed by atoms with Gasteiger partial charge in [0.2, 0.25) is 0 Å². The third-order valence-corrected chi connectivity index (χ3v) is 3.03. The van der Waals surface area contributed by atoms with E-state index in [0.29, 0.717) is 11.8 Å². The highest BCUT2D eigenvalue weighted by Crippen LogP contribution is 2.06. The molecule has 0 heterocycles. The van der Waals surface area contributed by atoms with Crippen LogP contribution in [0, 0.1) is 11.8 Å². The molecule has 0 rings (SSSR count). The van der Waals surface area contributed by atoms with E-state index < -0.39 is 9.84 Å². The lowest BCUT2D eigenvalue weighted by atomic mass is 10.2. The molecule has 0 spiro atoms. The summed E-state index contributed by atoms with van der Waals surface area (Å²) in [6.07, 6.45) is 2.47. The van der Waals surface area contributed by atoms with Crippen LogP contribution in [0.4, 0.5) is 0 Å². The molecule has 0 saturated carbocycles. The van der Waals surface area contributed by atoms with Gasteiger partial charge in [0.1, 0.15) is 0 Å². The van der Waals surface area contributed by atoms with Gasteiger partial charge in [-0.25, -0.2) is 8.42 Å². The molecule has 0 atom stereocenters. The molecular weight excluding hydrogens is 184 g/mol. The first-order chi connectivity index (χ1) is 5.83. The van der Waals surface area contributed by atoms with Crippen LogP contribution >= 0.6 is 0 Å². The van der Waals surface area contributed by atoms with Gasteiger partial charge < -0.3 is 0 Å². The maximum atomic E-state index is 11.4. The van der Waals surface area contributed by atoms with Crippen LogP contribution in [0.5, 0.6) is 0 Å². The highest BCUT2D eigenvalue weighted by Gasteiger charge is 2.07. The summed E-state index contributed by atoms with van der Waals surface area (Å²) in [5, 5.41) is 1.35. The zero-order valence-corrected chi connectivity index (χ0v) is 9.76. The molecule has 0 radical (unpaired) electrons. The Bertz CT molecular complexity index is 248. The summed E-state index contributed by atoms with van der Waals surface area (Å²) in [6.45, 7) is 7.99. The monoisotopic (exact) mass is 204 g/mol. The maximum Gasteiger partial charge on any atom is 0.171 e. The summed E-state index contributed by atoms with van der Waals surface area (Å²) in [7, 11) is -2.95. The van der Waals surface area contributed by atoms with Crippen molar-refractivity contribution in [3.05, 3.63) is 11.5 Å². The topological polar surface area (TPSA) is 34.1 Å². The zero-order chi connectivity index (χ0) is 10.5. The Morgan fingerprint density at radius 1 is 1.15 bits per heavy atom. The molecule has 0 amide bonds. The van der Waals surface area contributed by atoms with E-state index in [1.165, 1.54) is 5.41 Å². The van der Waals surface area contributed by atoms with E-state index in [9.17, 15) is 8.42 Å². The van der Waals surface area contributed by atoms with Gasteiger partial charge in [-0.3, -0.25) is 0 Å². The summed E-state index contributed by atoms with van der Waals surface area (Å²) >= 11 is 0. The van der Waals surface area contributed by atoms with Gasteiger partial charge in [0, 0.05) is 5.41 Å². The second-order valence-electron chi connectivity index (χ2n) is 4.12. The van der Waals surface area contributed by atoms with E-state index in [0.717, 1.165) is 6.42 Å². The van der Waals surface area contributed by atoms with Gasteiger partial charge in [-0.05, 0) is 18.3 Å². The number of allylic oxidation sites excluding steroid dienone is 1. The largest absolute Gasteiger partial charge is 0.224 e. The van der Waals surface area contributed by atoms with Crippen LogP contribution in [-0.4, -0.2) is 14.2 Å². The van der Waals surface area contributed by atoms with Gasteiger partial charge >= 0.3 is 0 Å². The average molecular weight is 204 g/mol. The van der Waals surface area contributed by atoms with Crippen LogP contribution in [0.1, 0.15) is 34.1 Å². The lowest BCUT2D eigenvalue weighted by molar-refractivity contribution is 0.580. The average Bonchev–Trinajstić information content (AvgIpc) is 1.98.